The number of nitro benzene ring substituents is 1. The van der Waals surface area contributed by atoms with Crippen molar-refractivity contribution in [2.45, 2.75) is 6.92 Å². The molecule has 2 aromatic rings. The number of nitrogens with zero attached hydrogens (tertiary/aromatic N) is 2. The minimum Gasteiger partial charge on any atom is -0.455 e. The Hall–Kier alpha value is -2.67. The number of amides is 1. The molecule has 0 fully saturated rings. The van der Waals surface area contributed by atoms with Crippen molar-refractivity contribution in [3.8, 4) is 11.3 Å². The zero-order chi connectivity index (χ0) is 15.4. The van der Waals surface area contributed by atoms with Crippen LogP contribution >= 0.6 is 11.6 Å². The summed E-state index contributed by atoms with van der Waals surface area (Å²) < 4.78 is 5.46. The second-order valence-electron chi connectivity index (χ2n) is 4.05. The van der Waals surface area contributed by atoms with E-state index in [1.54, 1.807) is 12.1 Å². The van der Waals surface area contributed by atoms with Crippen LogP contribution in [0.2, 0.25) is 5.02 Å². The van der Waals surface area contributed by atoms with Crippen LogP contribution < -0.4 is 5.43 Å². The third-order valence-corrected chi connectivity index (χ3v) is 2.80. The zero-order valence-corrected chi connectivity index (χ0v) is 11.6. The van der Waals surface area contributed by atoms with Gasteiger partial charge in [0.05, 0.1) is 16.2 Å². The Morgan fingerprint density at radius 1 is 1.43 bits per heavy atom. The normalized spacial score (nSPS) is 10.8. The van der Waals surface area contributed by atoms with E-state index in [9.17, 15) is 14.9 Å². The number of rotatable bonds is 4. The molecule has 0 bridgehead atoms. The number of nitro groups is 1. The molecular formula is C13H10ClN3O4. The van der Waals surface area contributed by atoms with Gasteiger partial charge in [0.2, 0.25) is 5.91 Å². The van der Waals surface area contributed by atoms with Crippen molar-refractivity contribution in [3.63, 3.8) is 0 Å². The lowest BCUT2D eigenvalue weighted by molar-refractivity contribution is -0.384. The molecule has 0 aliphatic carbocycles. The number of carbonyl (C=O) groups excluding carboxylic acids is 1. The third kappa shape index (κ3) is 3.67. The van der Waals surface area contributed by atoms with Gasteiger partial charge in [-0.25, -0.2) is 5.43 Å². The molecule has 0 saturated heterocycles. The molecule has 1 aromatic heterocycles. The van der Waals surface area contributed by atoms with E-state index >= 15 is 0 Å². The second kappa shape index (κ2) is 6.19. The number of non-ortho nitro benzene ring substituents is 1. The molecule has 0 saturated carbocycles. The van der Waals surface area contributed by atoms with Crippen molar-refractivity contribution in [1.29, 1.82) is 0 Å². The van der Waals surface area contributed by atoms with Crippen molar-refractivity contribution in [2.75, 3.05) is 0 Å². The highest BCUT2D eigenvalue weighted by Crippen LogP contribution is 2.32. The smallest absolute Gasteiger partial charge is 0.270 e. The Morgan fingerprint density at radius 3 is 2.86 bits per heavy atom. The first-order valence-electron chi connectivity index (χ1n) is 5.81. The lowest BCUT2D eigenvalue weighted by Gasteiger charge is -2.00. The predicted octanol–water partition coefficient (Wildman–Crippen LogP) is 2.98. The number of hydrogen-bond acceptors (Lipinski definition) is 5. The summed E-state index contributed by atoms with van der Waals surface area (Å²) in [5.41, 5.74) is 2.56. The van der Waals surface area contributed by atoms with Crippen LogP contribution in [0.15, 0.2) is 39.9 Å². The summed E-state index contributed by atoms with van der Waals surface area (Å²) in [6, 6.07) is 7.29. The fourth-order valence-electron chi connectivity index (χ4n) is 1.57. The Morgan fingerprint density at radius 2 is 2.19 bits per heavy atom. The first-order chi connectivity index (χ1) is 9.97. The summed E-state index contributed by atoms with van der Waals surface area (Å²) in [6.07, 6.45) is 1.32. The van der Waals surface area contributed by atoms with Gasteiger partial charge in [0, 0.05) is 24.6 Å². The van der Waals surface area contributed by atoms with E-state index in [0.29, 0.717) is 22.1 Å². The summed E-state index contributed by atoms with van der Waals surface area (Å²) in [5.74, 6) is 0.439. The van der Waals surface area contributed by atoms with Crippen LogP contribution in [0.5, 0.6) is 0 Å². The number of nitrogens with one attached hydrogen (secondary N) is 1. The van der Waals surface area contributed by atoms with Crippen LogP contribution in [0.3, 0.4) is 0 Å². The summed E-state index contributed by atoms with van der Waals surface area (Å²) in [5, 5.41) is 14.8. The Balaban J connectivity index is 2.29. The predicted molar refractivity (Wildman–Crippen MR) is 77.2 cm³/mol. The maximum Gasteiger partial charge on any atom is 0.270 e. The Labute approximate surface area is 124 Å². The SMILES string of the molecule is CC(=O)N/N=C/c1ccc(-c2cc([N+](=O)[O-])ccc2Cl)o1. The lowest BCUT2D eigenvalue weighted by Crippen LogP contribution is -2.12. The van der Waals surface area contributed by atoms with Crippen molar-refractivity contribution in [3.05, 3.63) is 51.2 Å². The van der Waals surface area contributed by atoms with Gasteiger partial charge in [-0.2, -0.15) is 5.10 Å². The van der Waals surface area contributed by atoms with Crippen LogP contribution in [-0.4, -0.2) is 17.0 Å². The topological polar surface area (TPSA) is 97.7 Å². The molecule has 1 aromatic carbocycles. The third-order valence-electron chi connectivity index (χ3n) is 2.47. The molecule has 1 N–H and O–H groups in total. The van der Waals surface area contributed by atoms with E-state index in [4.69, 9.17) is 16.0 Å². The molecule has 0 radical (unpaired) electrons. The molecule has 21 heavy (non-hydrogen) atoms. The molecule has 1 amide bonds. The van der Waals surface area contributed by atoms with Crippen molar-refractivity contribution < 1.29 is 14.1 Å². The quantitative estimate of drug-likeness (QED) is 0.533. The van der Waals surface area contributed by atoms with E-state index < -0.39 is 4.92 Å². The first-order valence-corrected chi connectivity index (χ1v) is 6.19. The monoisotopic (exact) mass is 307 g/mol. The van der Waals surface area contributed by atoms with Crippen LogP contribution in [-0.2, 0) is 4.79 Å². The Bertz CT molecular complexity index is 724. The van der Waals surface area contributed by atoms with Gasteiger partial charge in [0.15, 0.2) is 0 Å². The summed E-state index contributed by atoms with van der Waals surface area (Å²) in [7, 11) is 0. The fraction of sp³-hybridized carbons (Fsp3) is 0.0769. The number of benzene rings is 1. The standard InChI is InChI=1S/C13H10ClN3O4/c1-8(18)16-15-7-10-3-5-13(21-10)11-6-9(17(19)20)2-4-12(11)14/h2-7H,1H3,(H,16,18)/b15-7+. The molecule has 0 aliphatic rings. The summed E-state index contributed by atoms with van der Waals surface area (Å²) in [4.78, 5) is 20.9. The minimum absolute atomic E-state index is 0.0840. The molecule has 0 unspecified atom stereocenters. The van der Waals surface area contributed by atoms with E-state index in [1.165, 1.54) is 31.3 Å². The molecule has 8 heteroatoms. The zero-order valence-electron chi connectivity index (χ0n) is 10.9. The van der Waals surface area contributed by atoms with Crippen LogP contribution in [0.4, 0.5) is 5.69 Å². The van der Waals surface area contributed by atoms with Crippen LogP contribution in [0.25, 0.3) is 11.3 Å². The molecule has 1 heterocycles. The number of halogens is 1. The van der Waals surface area contributed by atoms with Crippen molar-refractivity contribution in [1.82, 2.24) is 5.43 Å². The molecular weight excluding hydrogens is 298 g/mol. The van der Waals surface area contributed by atoms with Crippen LogP contribution in [0.1, 0.15) is 12.7 Å². The van der Waals surface area contributed by atoms with Gasteiger partial charge in [0.25, 0.3) is 5.69 Å². The highest BCUT2D eigenvalue weighted by molar-refractivity contribution is 6.33. The highest BCUT2D eigenvalue weighted by atomic mass is 35.5. The van der Waals surface area contributed by atoms with E-state index in [0.717, 1.165) is 0 Å². The van der Waals surface area contributed by atoms with Gasteiger partial charge in [-0.15, -0.1) is 0 Å². The van der Waals surface area contributed by atoms with Gasteiger partial charge in [0.1, 0.15) is 11.5 Å². The van der Waals surface area contributed by atoms with Crippen molar-refractivity contribution >= 4 is 29.4 Å². The van der Waals surface area contributed by atoms with Gasteiger partial charge < -0.3 is 4.42 Å². The highest BCUT2D eigenvalue weighted by Gasteiger charge is 2.13. The van der Waals surface area contributed by atoms with E-state index in [1.807, 2.05) is 0 Å². The van der Waals surface area contributed by atoms with Gasteiger partial charge >= 0.3 is 0 Å². The Kier molecular flexibility index (Phi) is 4.34. The second-order valence-corrected chi connectivity index (χ2v) is 4.46. The van der Waals surface area contributed by atoms with Crippen molar-refractivity contribution in [2.24, 2.45) is 5.10 Å². The van der Waals surface area contributed by atoms with Gasteiger partial charge in [-0.05, 0) is 18.2 Å². The van der Waals surface area contributed by atoms with Crippen LogP contribution in [0, 0.1) is 10.1 Å². The number of carbonyl (C=O) groups is 1. The number of hydrogen-bond donors (Lipinski definition) is 1. The fourth-order valence-corrected chi connectivity index (χ4v) is 1.78. The molecule has 0 atom stereocenters. The minimum atomic E-state index is -0.512. The average molecular weight is 308 g/mol. The van der Waals surface area contributed by atoms with Gasteiger partial charge in [-0.3, -0.25) is 14.9 Å². The summed E-state index contributed by atoms with van der Waals surface area (Å²) >= 11 is 6.02. The lowest BCUT2D eigenvalue weighted by atomic mass is 10.1. The largest absolute Gasteiger partial charge is 0.455 e. The van der Waals surface area contributed by atoms with E-state index in [-0.39, 0.29) is 11.6 Å². The molecule has 2 rings (SSSR count). The maximum atomic E-state index is 10.8. The molecule has 7 nitrogen and oxygen atoms in total. The van der Waals surface area contributed by atoms with E-state index in [2.05, 4.69) is 10.5 Å². The summed E-state index contributed by atoms with van der Waals surface area (Å²) in [6.45, 7) is 1.33. The number of furan rings is 1. The first kappa shape index (κ1) is 14.7. The maximum absolute atomic E-state index is 10.8. The molecule has 0 aliphatic heterocycles. The van der Waals surface area contributed by atoms with Gasteiger partial charge in [-0.1, -0.05) is 11.6 Å². The molecule has 108 valence electrons. The average Bonchev–Trinajstić information content (AvgIpc) is 2.87. The molecule has 0 spiro atoms. The number of hydrazone groups is 1.